The highest BCUT2D eigenvalue weighted by atomic mass is 32.2. The minimum Gasteiger partial charge on any atom is -0.388 e. The molecule has 4 rings (SSSR count). The number of aliphatic hydroxyl groups is 1. The number of halogens is 1. The molecule has 37 heavy (non-hydrogen) atoms. The smallest absolute Gasteiger partial charge is 0.227 e. The van der Waals surface area contributed by atoms with E-state index < -0.39 is 22.4 Å². The van der Waals surface area contributed by atoms with Crippen LogP contribution in [0.25, 0.3) is 0 Å². The van der Waals surface area contributed by atoms with Gasteiger partial charge in [-0.3, -0.25) is 4.21 Å². The number of nitrogens with zero attached hydrogens (tertiary/aromatic N) is 3. The number of fused-ring (bicyclic) bond motifs is 1. The molecular formula is C29H37FN4O2S. The van der Waals surface area contributed by atoms with Gasteiger partial charge >= 0.3 is 0 Å². The van der Waals surface area contributed by atoms with E-state index in [-0.39, 0.29) is 5.82 Å². The van der Waals surface area contributed by atoms with Gasteiger partial charge < -0.3 is 15.3 Å². The Labute approximate surface area is 221 Å². The Morgan fingerprint density at radius 1 is 1.11 bits per heavy atom. The average Bonchev–Trinajstić information content (AvgIpc) is 3.24. The first-order valence-electron chi connectivity index (χ1n) is 12.9. The molecular weight excluding hydrogens is 487 g/mol. The SMILES string of the molecule is CCC(CCN(C)c1nc2c(c(N[C@H](c3ccc(F)cc3)C(C)(C)O)n1)S(=O)CC2)c1ccc(C)cc1. The lowest BCUT2D eigenvalue weighted by molar-refractivity contribution is 0.0586. The molecule has 0 saturated heterocycles. The lowest BCUT2D eigenvalue weighted by atomic mass is 9.92. The molecule has 1 aromatic heterocycles. The fourth-order valence-electron chi connectivity index (χ4n) is 4.81. The largest absolute Gasteiger partial charge is 0.388 e. The number of nitrogens with one attached hydrogen (secondary N) is 1. The fourth-order valence-corrected chi connectivity index (χ4v) is 6.12. The summed E-state index contributed by atoms with van der Waals surface area (Å²) in [4.78, 5) is 12.2. The summed E-state index contributed by atoms with van der Waals surface area (Å²) in [5, 5.41) is 14.3. The van der Waals surface area contributed by atoms with Crippen LogP contribution in [-0.4, -0.2) is 44.2 Å². The molecule has 2 unspecified atom stereocenters. The Hall–Kier alpha value is -2.84. The molecule has 3 atom stereocenters. The van der Waals surface area contributed by atoms with Gasteiger partial charge in [0, 0.05) is 25.8 Å². The maximum absolute atomic E-state index is 13.6. The van der Waals surface area contributed by atoms with Crippen LogP contribution in [0.15, 0.2) is 53.4 Å². The second-order valence-electron chi connectivity index (χ2n) is 10.5. The van der Waals surface area contributed by atoms with Gasteiger partial charge in [-0.15, -0.1) is 0 Å². The zero-order valence-corrected chi connectivity index (χ0v) is 23.1. The minimum absolute atomic E-state index is 0.345. The van der Waals surface area contributed by atoms with Crippen LogP contribution < -0.4 is 10.2 Å². The molecule has 198 valence electrons. The Balaban J connectivity index is 1.60. The molecule has 2 N–H and O–H groups in total. The van der Waals surface area contributed by atoms with Crippen LogP contribution in [0.4, 0.5) is 16.2 Å². The van der Waals surface area contributed by atoms with Gasteiger partial charge in [0.15, 0.2) is 0 Å². The summed E-state index contributed by atoms with van der Waals surface area (Å²) >= 11 is 0. The van der Waals surface area contributed by atoms with E-state index in [0.29, 0.717) is 40.3 Å². The standard InChI is InChI=1S/C29H37FN4O2S/c1-6-20(21-9-7-19(2)8-10-21)15-17-34(5)28-31-24-16-18-37(36)25(24)27(33-28)32-26(29(3,4)35)22-11-13-23(30)14-12-22/h7-14,20,26,35H,6,15-18H2,1-5H3,(H,31,32,33)/t20?,26-,37?/m1/s1. The van der Waals surface area contributed by atoms with Crippen LogP contribution in [-0.2, 0) is 17.2 Å². The van der Waals surface area contributed by atoms with Crippen molar-refractivity contribution in [2.24, 2.45) is 0 Å². The Bertz CT molecular complexity index is 1240. The fraction of sp³-hybridized carbons (Fsp3) is 0.448. The zero-order chi connectivity index (χ0) is 26.7. The van der Waals surface area contributed by atoms with E-state index in [0.717, 1.165) is 25.1 Å². The molecule has 2 heterocycles. The van der Waals surface area contributed by atoms with Crippen LogP contribution in [0.1, 0.15) is 68.0 Å². The number of benzene rings is 2. The summed E-state index contributed by atoms with van der Waals surface area (Å²) in [7, 11) is 0.758. The normalized spacial score (nSPS) is 16.8. The van der Waals surface area contributed by atoms with E-state index in [1.54, 1.807) is 26.0 Å². The third-order valence-corrected chi connectivity index (χ3v) is 8.52. The van der Waals surface area contributed by atoms with Crippen LogP contribution in [0.2, 0.25) is 0 Å². The third-order valence-electron chi connectivity index (χ3n) is 7.06. The molecule has 2 aromatic carbocycles. The summed E-state index contributed by atoms with van der Waals surface area (Å²) in [6, 6.07) is 14.2. The monoisotopic (exact) mass is 524 g/mol. The second-order valence-corrected chi connectivity index (χ2v) is 12.0. The van der Waals surface area contributed by atoms with Crippen molar-refractivity contribution in [3.05, 3.63) is 76.7 Å². The van der Waals surface area contributed by atoms with E-state index in [4.69, 9.17) is 9.97 Å². The highest BCUT2D eigenvalue weighted by molar-refractivity contribution is 7.85. The Kier molecular flexibility index (Phi) is 8.29. The summed E-state index contributed by atoms with van der Waals surface area (Å²) < 4.78 is 26.5. The lowest BCUT2D eigenvalue weighted by Crippen LogP contribution is -2.35. The van der Waals surface area contributed by atoms with Gasteiger partial charge in [0.05, 0.1) is 28.1 Å². The molecule has 8 heteroatoms. The van der Waals surface area contributed by atoms with Crippen molar-refractivity contribution in [1.29, 1.82) is 0 Å². The van der Waals surface area contributed by atoms with Crippen LogP contribution in [0.5, 0.6) is 0 Å². The van der Waals surface area contributed by atoms with Gasteiger partial charge in [0.2, 0.25) is 5.95 Å². The van der Waals surface area contributed by atoms with Gasteiger partial charge in [-0.2, -0.15) is 4.98 Å². The van der Waals surface area contributed by atoms with Gasteiger partial charge in [-0.1, -0.05) is 48.9 Å². The minimum atomic E-state index is -1.22. The van der Waals surface area contributed by atoms with E-state index in [2.05, 4.69) is 43.4 Å². The summed E-state index contributed by atoms with van der Waals surface area (Å²) in [6.45, 7) is 8.45. The van der Waals surface area contributed by atoms with Crippen molar-refractivity contribution in [2.75, 3.05) is 29.6 Å². The second kappa shape index (κ2) is 11.3. The van der Waals surface area contributed by atoms with Gasteiger partial charge in [-0.05, 0) is 62.8 Å². The molecule has 0 aliphatic carbocycles. The molecule has 0 bridgehead atoms. The Morgan fingerprint density at radius 2 is 1.76 bits per heavy atom. The van der Waals surface area contributed by atoms with Crippen molar-refractivity contribution in [2.45, 2.75) is 69.4 Å². The number of aromatic nitrogens is 2. The van der Waals surface area contributed by atoms with Crippen molar-refractivity contribution in [1.82, 2.24) is 9.97 Å². The molecule has 3 aromatic rings. The quantitative estimate of drug-likeness (QED) is 0.363. The van der Waals surface area contributed by atoms with E-state index in [1.165, 1.54) is 23.3 Å². The van der Waals surface area contributed by atoms with Gasteiger partial charge in [0.1, 0.15) is 16.5 Å². The van der Waals surface area contributed by atoms with Gasteiger partial charge in [0.25, 0.3) is 0 Å². The third kappa shape index (κ3) is 6.36. The maximum Gasteiger partial charge on any atom is 0.227 e. The first kappa shape index (κ1) is 27.2. The summed E-state index contributed by atoms with van der Waals surface area (Å²) in [5.41, 5.74) is 2.89. The van der Waals surface area contributed by atoms with E-state index >= 15 is 0 Å². The highest BCUT2D eigenvalue weighted by Gasteiger charge is 2.33. The summed E-state index contributed by atoms with van der Waals surface area (Å²) in [6.07, 6.45) is 2.61. The zero-order valence-electron chi connectivity index (χ0n) is 22.3. The van der Waals surface area contributed by atoms with Crippen molar-refractivity contribution < 1.29 is 13.7 Å². The van der Waals surface area contributed by atoms with Crippen molar-refractivity contribution in [3.63, 3.8) is 0 Å². The molecule has 0 spiro atoms. The molecule has 1 aliphatic heterocycles. The van der Waals surface area contributed by atoms with Gasteiger partial charge in [-0.25, -0.2) is 9.37 Å². The Morgan fingerprint density at radius 3 is 2.38 bits per heavy atom. The number of hydrogen-bond donors (Lipinski definition) is 2. The summed E-state index contributed by atoms with van der Waals surface area (Å²) in [5.74, 6) is 1.61. The van der Waals surface area contributed by atoms with Crippen LogP contribution >= 0.6 is 0 Å². The molecule has 0 fully saturated rings. The molecule has 0 radical (unpaired) electrons. The number of hydrogen-bond acceptors (Lipinski definition) is 6. The highest BCUT2D eigenvalue weighted by Crippen LogP contribution is 2.35. The number of aryl methyl sites for hydroxylation is 2. The molecule has 6 nitrogen and oxygen atoms in total. The van der Waals surface area contributed by atoms with Crippen molar-refractivity contribution >= 4 is 22.6 Å². The predicted molar refractivity (Wildman–Crippen MR) is 148 cm³/mol. The first-order valence-corrected chi connectivity index (χ1v) is 14.2. The number of anilines is 2. The average molecular weight is 525 g/mol. The topological polar surface area (TPSA) is 78.3 Å². The lowest BCUT2D eigenvalue weighted by Gasteiger charge is -2.32. The van der Waals surface area contributed by atoms with Crippen LogP contribution in [0.3, 0.4) is 0 Å². The first-order chi connectivity index (χ1) is 17.6. The number of rotatable bonds is 10. The predicted octanol–water partition coefficient (Wildman–Crippen LogP) is 5.53. The molecule has 0 saturated carbocycles. The van der Waals surface area contributed by atoms with Crippen molar-refractivity contribution in [3.8, 4) is 0 Å². The molecule has 0 amide bonds. The van der Waals surface area contributed by atoms with E-state index in [1.807, 2.05) is 11.9 Å². The molecule has 1 aliphatic rings. The maximum atomic E-state index is 13.6. The van der Waals surface area contributed by atoms with E-state index in [9.17, 15) is 13.7 Å². The van der Waals surface area contributed by atoms with Crippen LogP contribution in [0, 0.1) is 12.7 Å².